The summed E-state index contributed by atoms with van der Waals surface area (Å²) in [5.41, 5.74) is 0. The third kappa shape index (κ3) is 39.9. The summed E-state index contributed by atoms with van der Waals surface area (Å²) in [5, 5.41) is 22.6. The first-order valence-electron chi connectivity index (χ1n) is 23.7. The van der Waals surface area contributed by atoms with Gasteiger partial charge >= 0.3 is 11.9 Å². The molecule has 0 saturated heterocycles. The lowest BCUT2D eigenvalue weighted by Crippen LogP contribution is -2.47. The number of unbranched alkanes of at least 4 members (excludes halogenated alkanes) is 25. The van der Waals surface area contributed by atoms with Crippen molar-refractivity contribution in [1.82, 2.24) is 10.6 Å². The van der Waals surface area contributed by atoms with Crippen molar-refractivity contribution in [2.24, 2.45) is 0 Å². The van der Waals surface area contributed by atoms with Crippen LogP contribution >= 0.6 is 0 Å². The highest BCUT2D eigenvalue weighted by Gasteiger charge is 2.19. The summed E-state index contributed by atoms with van der Waals surface area (Å²) in [6.07, 6.45) is 47.8. The summed E-state index contributed by atoms with van der Waals surface area (Å²) in [4.78, 5) is 47.7. The number of nitrogens with one attached hydrogen (secondary N) is 2. The van der Waals surface area contributed by atoms with Crippen LogP contribution in [0.3, 0.4) is 0 Å². The van der Waals surface area contributed by atoms with E-state index < -0.39 is 24.5 Å². The number of esters is 1. The molecule has 2 unspecified atom stereocenters. The molecule has 0 rings (SSSR count). The number of hydrogen-bond acceptors (Lipinski definition) is 6. The molecule has 332 valence electrons. The van der Waals surface area contributed by atoms with Crippen molar-refractivity contribution in [2.75, 3.05) is 13.2 Å². The van der Waals surface area contributed by atoms with Gasteiger partial charge in [-0.15, -0.1) is 0 Å². The van der Waals surface area contributed by atoms with Gasteiger partial charge in [-0.2, -0.15) is 0 Å². The van der Waals surface area contributed by atoms with Gasteiger partial charge < -0.3 is 25.6 Å². The number of allylic oxidation sites excluding steroid dienone is 4. The molecule has 0 aromatic carbocycles. The topological polar surface area (TPSA) is 142 Å². The van der Waals surface area contributed by atoms with Crippen molar-refractivity contribution in [3.8, 4) is 0 Å². The van der Waals surface area contributed by atoms with E-state index in [1.807, 2.05) is 0 Å². The quantitative estimate of drug-likeness (QED) is 0.0273. The van der Waals surface area contributed by atoms with Gasteiger partial charge in [0.2, 0.25) is 11.8 Å². The van der Waals surface area contributed by atoms with Gasteiger partial charge in [-0.1, -0.05) is 179 Å². The van der Waals surface area contributed by atoms with Crippen molar-refractivity contribution in [3.05, 3.63) is 24.3 Å². The summed E-state index contributed by atoms with van der Waals surface area (Å²) in [6, 6.07) is -1.38. The van der Waals surface area contributed by atoms with Crippen molar-refractivity contribution < 1.29 is 34.1 Å². The molecule has 0 aliphatic rings. The van der Waals surface area contributed by atoms with E-state index in [1.54, 1.807) is 0 Å². The molecule has 4 N–H and O–H groups in total. The molecular weight excluding hydrogens is 717 g/mol. The molecule has 2 atom stereocenters. The zero-order chi connectivity index (χ0) is 41.9. The fourth-order valence-electron chi connectivity index (χ4n) is 7.05. The molecule has 0 heterocycles. The molecule has 57 heavy (non-hydrogen) atoms. The number of aliphatic hydroxyl groups excluding tert-OH is 1. The maximum atomic E-state index is 12.8. The molecule has 0 fully saturated rings. The normalized spacial score (nSPS) is 12.6. The number of rotatable bonds is 43. The van der Waals surface area contributed by atoms with Crippen molar-refractivity contribution in [1.29, 1.82) is 0 Å². The Labute approximate surface area is 349 Å². The van der Waals surface area contributed by atoms with Crippen LogP contribution in [0.2, 0.25) is 0 Å². The molecule has 0 spiro atoms. The monoisotopic (exact) mass is 805 g/mol. The van der Waals surface area contributed by atoms with Crippen molar-refractivity contribution in [3.63, 3.8) is 0 Å². The molecule has 0 bridgehead atoms. The minimum absolute atomic E-state index is 0.0527. The second kappa shape index (κ2) is 42.9. The van der Waals surface area contributed by atoms with E-state index in [1.165, 1.54) is 128 Å². The Morgan fingerprint density at radius 1 is 0.526 bits per heavy atom. The standard InChI is InChI=1S/C48H88N2O7/c1-3-5-7-9-11-13-15-17-18-19-21-23-25-27-32-36-40-47(54)57-43(37-33-29-26-24-22-20-16-14-12-10-8-6-4-2)38-34-30-28-31-35-39-45(52)49-41-46(53)50-44(42-51)48(55)56/h16,20,24,26,43-44,51H,3-15,17-19,21-23,25,27-42H2,1-2H3,(H,49,52)(H,50,53)(H,55,56)/b20-16-,26-24-. The van der Waals surface area contributed by atoms with Crippen LogP contribution in [-0.2, 0) is 23.9 Å². The van der Waals surface area contributed by atoms with E-state index in [0.717, 1.165) is 70.6 Å². The second-order valence-electron chi connectivity index (χ2n) is 16.2. The highest BCUT2D eigenvalue weighted by Crippen LogP contribution is 2.18. The average Bonchev–Trinajstić information content (AvgIpc) is 3.20. The number of hydrogen-bond donors (Lipinski definition) is 4. The minimum atomic E-state index is -1.38. The predicted octanol–water partition coefficient (Wildman–Crippen LogP) is 12.0. The number of carboxylic acid groups (broad SMARTS) is 1. The predicted molar refractivity (Wildman–Crippen MR) is 236 cm³/mol. The fraction of sp³-hybridized carbons (Fsp3) is 0.833. The maximum Gasteiger partial charge on any atom is 0.328 e. The highest BCUT2D eigenvalue weighted by molar-refractivity contribution is 5.87. The summed E-state index contributed by atoms with van der Waals surface area (Å²) >= 11 is 0. The minimum Gasteiger partial charge on any atom is -0.480 e. The Morgan fingerprint density at radius 2 is 0.965 bits per heavy atom. The number of aliphatic hydroxyl groups is 1. The summed E-state index contributed by atoms with van der Waals surface area (Å²) in [5.74, 6) is -2.31. The van der Waals surface area contributed by atoms with Gasteiger partial charge in [0.15, 0.2) is 0 Å². The lowest BCUT2D eigenvalue weighted by molar-refractivity contribution is -0.150. The number of carboxylic acids is 1. The lowest BCUT2D eigenvalue weighted by Gasteiger charge is -2.18. The Balaban J connectivity index is 4.33. The lowest BCUT2D eigenvalue weighted by atomic mass is 10.0. The SMILES string of the molecule is CCCCCCC/C=C\C/C=C\CCCC(CCCCCCCC(=O)NCC(=O)NC(CO)C(=O)O)OC(=O)CCCCCCCCCCCCCCCCCC. The average molecular weight is 805 g/mol. The molecule has 0 aliphatic heterocycles. The van der Waals surface area contributed by atoms with Gasteiger partial charge in [0.25, 0.3) is 0 Å². The molecular formula is C48H88N2O7. The molecule has 9 heteroatoms. The van der Waals surface area contributed by atoms with Crippen LogP contribution in [0.5, 0.6) is 0 Å². The Kier molecular flexibility index (Phi) is 40.9. The number of carbonyl (C=O) groups excluding carboxylic acids is 3. The smallest absolute Gasteiger partial charge is 0.328 e. The summed E-state index contributed by atoms with van der Waals surface area (Å²) in [6.45, 7) is 3.48. The number of amides is 2. The first kappa shape index (κ1) is 54.3. The third-order valence-electron chi connectivity index (χ3n) is 10.7. The Hall–Kier alpha value is -2.68. The van der Waals surface area contributed by atoms with Gasteiger partial charge in [-0.05, 0) is 64.2 Å². The van der Waals surface area contributed by atoms with E-state index in [-0.39, 0.29) is 30.9 Å². The fourth-order valence-corrected chi connectivity index (χ4v) is 7.05. The molecule has 0 aromatic heterocycles. The molecule has 0 radical (unpaired) electrons. The molecule has 0 aliphatic carbocycles. The number of aliphatic carboxylic acids is 1. The van der Waals surface area contributed by atoms with E-state index in [2.05, 4.69) is 48.8 Å². The zero-order valence-corrected chi connectivity index (χ0v) is 36.9. The van der Waals surface area contributed by atoms with Crippen LogP contribution in [0.25, 0.3) is 0 Å². The Morgan fingerprint density at radius 3 is 1.47 bits per heavy atom. The number of ether oxygens (including phenoxy) is 1. The van der Waals surface area contributed by atoms with Gasteiger partial charge in [-0.3, -0.25) is 14.4 Å². The van der Waals surface area contributed by atoms with Crippen LogP contribution in [0.1, 0.15) is 232 Å². The van der Waals surface area contributed by atoms with E-state index in [0.29, 0.717) is 12.8 Å². The van der Waals surface area contributed by atoms with Gasteiger partial charge in [-0.25, -0.2) is 4.79 Å². The van der Waals surface area contributed by atoms with Crippen LogP contribution in [0.4, 0.5) is 0 Å². The molecule has 2 amide bonds. The maximum absolute atomic E-state index is 12.8. The second-order valence-corrected chi connectivity index (χ2v) is 16.2. The molecule has 0 saturated carbocycles. The summed E-state index contributed by atoms with van der Waals surface area (Å²) in [7, 11) is 0. The van der Waals surface area contributed by atoms with E-state index in [9.17, 15) is 19.2 Å². The van der Waals surface area contributed by atoms with Crippen molar-refractivity contribution in [2.45, 2.75) is 244 Å². The summed E-state index contributed by atoms with van der Waals surface area (Å²) < 4.78 is 6.03. The van der Waals surface area contributed by atoms with E-state index in [4.69, 9.17) is 14.9 Å². The largest absolute Gasteiger partial charge is 0.480 e. The van der Waals surface area contributed by atoms with Gasteiger partial charge in [0.1, 0.15) is 12.1 Å². The number of carbonyl (C=O) groups is 4. The van der Waals surface area contributed by atoms with Crippen LogP contribution in [-0.4, -0.2) is 59.3 Å². The Bertz CT molecular complexity index is 1010. The van der Waals surface area contributed by atoms with Crippen LogP contribution < -0.4 is 10.6 Å². The third-order valence-corrected chi connectivity index (χ3v) is 10.7. The van der Waals surface area contributed by atoms with Gasteiger partial charge in [0, 0.05) is 12.8 Å². The zero-order valence-electron chi connectivity index (χ0n) is 36.9. The molecule has 9 nitrogen and oxygen atoms in total. The van der Waals surface area contributed by atoms with Gasteiger partial charge in [0.05, 0.1) is 13.2 Å². The van der Waals surface area contributed by atoms with Crippen LogP contribution in [0, 0.1) is 0 Å². The first-order valence-corrected chi connectivity index (χ1v) is 23.7. The van der Waals surface area contributed by atoms with Crippen molar-refractivity contribution >= 4 is 23.8 Å². The molecule has 0 aromatic rings. The van der Waals surface area contributed by atoms with Crippen LogP contribution in [0.15, 0.2) is 24.3 Å². The first-order chi connectivity index (χ1) is 27.8. The highest BCUT2D eigenvalue weighted by atomic mass is 16.5. The van der Waals surface area contributed by atoms with E-state index >= 15 is 0 Å².